The van der Waals surface area contributed by atoms with Gasteiger partial charge in [0.05, 0.1) is 13.0 Å². The average Bonchev–Trinajstić information content (AvgIpc) is 3.21. The Morgan fingerprint density at radius 2 is 1.66 bits per heavy atom. The second-order valence-corrected chi connectivity index (χ2v) is 9.50. The van der Waals surface area contributed by atoms with Crippen LogP contribution < -0.4 is 10.5 Å². The molecule has 0 bridgehead atoms. The van der Waals surface area contributed by atoms with Crippen molar-refractivity contribution in [1.29, 1.82) is 0 Å². The molecule has 2 aliphatic rings. The second kappa shape index (κ2) is 9.19. The van der Waals surface area contributed by atoms with Crippen molar-refractivity contribution in [3.63, 3.8) is 0 Å². The number of carboxylic acids is 1. The van der Waals surface area contributed by atoms with Gasteiger partial charge in [-0.25, -0.2) is 0 Å². The van der Waals surface area contributed by atoms with Gasteiger partial charge < -0.3 is 20.3 Å². The highest BCUT2D eigenvalue weighted by molar-refractivity contribution is 5.88. The van der Waals surface area contributed by atoms with Gasteiger partial charge in [-0.3, -0.25) is 9.59 Å². The monoisotopic (exact) mass is 471 g/mol. The lowest BCUT2D eigenvalue weighted by atomic mass is 9.67. The Balaban J connectivity index is 1.38. The molecule has 0 aromatic heterocycles. The summed E-state index contributed by atoms with van der Waals surface area (Å²) in [5.74, 6) is -2.04. The zero-order valence-corrected chi connectivity index (χ0v) is 19.6. The molecule has 0 amide bonds. The highest BCUT2D eigenvalue weighted by atomic mass is 16.5. The molecule has 0 aliphatic heterocycles. The molecule has 180 valence electrons. The van der Waals surface area contributed by atoms with E-state index in [1.807, 2.05) is 48.5 Å². The molecule has 2 aliphatic carbocycles. The predicted molar refractivity (Wildman–Crippen MR) is 132 cm³/mol. The molecular weight excluding hydrogens is 442 g/mol. The standard InChI is InChI=1S/C29H29NO5/c1-34-20-8-6-7-18(15-20)19-13-14-29(30,28(32)33)26(16-19)27(31)35-17-25-23-11-4-2-9-21(23)22-10-3-5-12-24(22)25/h2-12,15,19,25-26H,13-14,16-17,30H2,1H3,(H,32,33). The van der Waals surface area contributed by atoms with Gasteiger partial charge in [-0.15, -0.1) is 0 Å². The normalized spacial score (nSPS) is 23.3. The number of benzene rings is 3. The maximum absolute atomic E-state index is 13.4. The van der Waals surface area contributed by atoms with Gasteiger partial charge in [0.1, 0.15) is 17.9 Å². The minimum absolute atomic E-state index is 0.00777. The molecular formula is C29H29NO5. The van der Waals surface area contributed by atoms with Crippen molar-refractivity contribution in [1.82, 2.24) is 0 Å². The lowest BCUT2D eigenvalue weighted by Crippen LogP contribution is -2.59. The number of ether oxygens (including phenoxy) is 2. The van der Waals surface area contributed by atoms with Crippen LogP contribution in [0.4, 0.5) is 0 Å². The summed E-state index contributed by atoms with van der Waals surface area (Å²) in [6.45, 7) is 0.142. The van der Waals surface area contributed by atoms with Gasteiger partial charge >= 0.3 is 11.9 Å². The summed E-state index contributed by atoms with van der Waals surface area (Å²) in [6.07, 6.45) is 1.08. The number of carboxylic acid groups (broad SMARTS) is 1. The van der Waals surface area contributed by atoms with E-state index in [4.69, 9.17) is 15.2 Å². The molecule has 3 aromatic rings. The van der Waals surface area contributed by atoms with Crippen LogP contribution in [0.1, 0.15) is 47.8 Å². The molecule has 6 nitrogen and oxygen atoms in total. The van der Waals surface area contributed by atoms with Crippen LogP contribution >= 0.6 is 0 Å². The Morgan fingerprint density at radius 3 is 2.29 bits per heavy atom. The van der Waals surface area contributed by atoms with Crippen molar-refractivity contribution in [3.8, 4) is 16.9 Å². The van der Waals surface area contributed by atoms with E-state index in [1.165, 1.54) is 0 Å². The predicted octanol–water partition coefficient (Wildman–Crippen LogP) is 4.72. The van der Waals surface area contributed by atoms with E-state index in [-0.39, 0.29) is 24.9 Å². The SMILES string of the molecule is COc1cccc(C2CCC(N)(C(=O)O)C(C(=O)OCC3c4ccccc4-c4ccccc43)C2)c1. The van der Waals surface area contributed by atoms with E-state index in [9.17, 15) is 14.7 Å². The highest BCUT2D eigenvalue weighted by Crippen LogP contribution is 2.46. The molecule has 5 rings (SSSR count). The molecule has 0 heterocycles. The summed E-state index contributed by atoms with van der Waals surface area (Å²) < 4.78 is 11.2. The Hall–Kier alpha value is -3.64. The number of carbonyl (C=O) groups excluding carboxylic acids is 1. The second-order valence-electron chi connectivity index (χ2n) is 9.50. The summed E-state index contributed by atoms with van der Waals surface area (Å²) in [5.41, 5.74) is 10.2. The zero-order chi connectivity index (χ0) is 24.6. The summed E-state index contributed by atoms with van der Waals surface area (Å²) in [4.78, 5) is 25.6. The van der Waals surface area contributed by atoms with Gasteiger partial charge in [0, 0.05) is 5.92 Å². The van der Waals surface area contributed by atoms with Crippen molar-refractivity contribution in [2.75, 3.05) is 13.7 Å². The lowest BCUT2D eigenvalue weighted by molar-refractivity contribution is -0.162. The van der Waals surface area contributed by atoms with Gasteiger partial charge in [-0.2, -0.15) is 0 Å². The molecule has 3 atom stereocenters. The van der Waals surface area contributed by atoms with Crippen molar-refractivity contribution in [3.05, 3.63) is 89.5 Å². The third-order valence-corrected chi connectivity index (χ3v) is 7.65. The highest BCUT2D eigenvalue weighted by Gasteiger charge is 2.51. The quantitative estimate of drug-likeness (QED) is 0.505. The van der Waals surface area contributed by atoms with Crippen LogP contribution in [0.2, 0.25) is 0 Å². The van der Waals surface area contributed by atoms with E-state index in [1.54, 1.807) is 7.11 Å². The van der Waals surface area contributed by atoms with Gasteiger partial charge in [-0.1, -0.05) is 60.7 Å². The first kappa shape index (κ1) is 23.1. The topological polar surface area (TPSA) is 98.9 Å². The Kier molecular flexibility index (Phi) is 6.07. The van der Waals surface area contributed by atoms with Crippen molar-refractivity contribution in [2.24, 2.45) is 11.7 Å². The fraction of sp³-hybridized carbons (Fsp3) is 0.310. The van der Waals surface area contributed by atoms with Crippen LogP contribution in [-0.2, 0) is 14.3 Å². The fourth-order valence-electron chi connectivity index (χ4n) is 5.67. The first-order valence-corrected chi connectivity index (χ1v) is 11.9. The molecule has 3 unspecified atom stereocenters. The molecule has 3 N–H and O–H groups in total. The van der Waals surface area contributed by atoms with Gasteiger partial charge in [0.2, 0.25) is 0 Å². The Labute approximate surface area is 204 Å². The molecule has 6 heteroatoms. The van der Waals surface area contributed by atoms with E-state index in [2.05, 4.69) is 24.3 Å². The first-order valence-electron chi connectivity index (χ1n) is 11.9. The molecule has 0 saturated heterocycles. The molecule has 3 aromatic carbocycles. The van der Waals surface area contributed by atoms with Crippen LogP contribution in [0.15, 0.2) is 72.8 Å². The van der Waals surface area contributed by atoms with Crippen molar-refractivity contribution >= 4 is 11.9 Å². The number of hydrogen-bond donors (Lipinski definition) is 2. The van der Waals surface area contributed by atoms with Crippen LogP contribution in [0, 0.1) is 5.92 Å². The third-order valence-electron chi connectivity index (χ3n) is 7.65. The molecule has 1 fully saturated rings. The maximum atomic E-state index is 13.4. The average molecular weight is 472 g/mol. The maximum Gasteiger partial charge on any atom is 0.324 e. The number of esters is 1. The third kappa shape index (κ3) is 4.08. The van der Waals surface area contributed by atoms with Crippen LogP contribution in [-0.4, -0.2) is 36.3 Å². The first-order chi connectivity index (χ1) is 16.9. The van der Waals surface area contributed by atoms with Gasteiger partial charge in [0.25, 0.3) is 0 Å². The Morgan fingerprint density at radius 1 is 1.00 bits per heavy atom. The van der Waals surface area contributed by atoms with E-state index >= 15 is 0 Å². The summed E-state index contributed by atoms with van der Waals surface area (Å²) in [7, 11) is 1.61. The minimum Gasteiger partial charge on any atom is -0.497 e. The summed E-state index contributed by atoms with van der Waals surface area (Å²) in [5, 5.41) is 9.94. The number of methoxy groups -OCH3 is 1. The minimum atomic E-state index is -1.65. The molecule has 1 saturated carbocycles. The van der Waals surface area contributed by atoms with Crippen molar-refractivity contribution < 1.29 is 24.2 Å². The van der Waals surface area contributed by atoms with Crippen LogP contribution in [0.5, 0.6) is 5.75 Å². The van der Waals surface area contributed by atoms with Gasteiger partial charge in [-0.05, 0) is 65.1 Å². The number of carbonyl (C=O) groups is 2. The summed E-state index contributed by atoms with van der Waals surface area (Å²) >= 11 is 0. The lowest BCUT2D eigenvalue weighted by Gasteiger charge is -2.40. The number of hydrogen-bond acceptors (Lipinski definition) is 5. The Bertz CT molecular complexity index is 1230. The number of nitrogens with two attached hydrogens (primary N) is 1. The number of aliphatic carboxylic acids is 1. The zero-order valence-electron chi connectivity index (χ0n) is 19.6. The van der Waals surface area contributed by atoms with Crippen LogP contribution in [0.3, 0.4) is 0 Å². The molecule has 0 spiro atoms. The molecule has 35 heavy (non-hydrogen) atoms. The van der Waals surface area contributed by atoms with E-state index in [0.717, 1.165) is 33.6 Å². The van der Waals surface area contributed by atoms with Gasteiger partial charge in [0.15, 0.2) is 0 Å². The number of rotatable bonds is 6. The smallest absolute Gasteiger partial charge is 0.324 e. The largest absolute Gasteiger partial charge is 0.497 e. The number of fused-ring (bicyclic) bond motifs is 3. The fourth-order valence-corrected chi connectivity index (χ4v) is 5.67. The van der Waals surface area contributed by atoms with E-state index < -0.39 is 23.4 Å². The van der Waals surface area contributed by atoms with E-state index in [0.29, 0.717) is 12.8 Å². The van der Waals surface area contributed by atoms with Crippen LogP contribution in [0.25, 0.3) is 11.1 Å². The molecule has 0 radical (unpaired) electrons. The summed E-state index contributed by atoms with van der Waals surface area (Å²) in [6, 6.07) is 23.9. The van der Waals surface area contributed by atoms with Crippen molar-refractivity contribution in [2.45, 2.75) is 36.6 Å².